The molecule has 1 aromatic heterocycles. The number of ether oxygens (including phenoxy) is 1. The predicted octanol–water partition coefficient (Wildman–Crippen LogP) is 6.58. The fourth-order valence-electron chi connectivity index (χ4n) is 4.73. The van der Waals surface area contributed by atoms with E-state index in [9.17, 15) is 4.79 Å². The van der Waals surface area contributed by atoms with Crippen molar-refractivity contribution in [2.75, 3.05) is 18.0 Å². The number of anilines is 1. The van der Waals surface area contributed by atoms with Crippen molar-refractivity contribution in [2.24, 2.45) is 0 Å². The minimum absolute atomic E-state index is 0.0644. The summed E-state index contributed by atoms with van der Waals surface area (Å²) >= 11 is 3.73. The van der Waals surface area contributed by atoms with Crippen LogP contribution in [0.2, 0.25) is 0 Å². The minimum Gasteiger partial charge on any atom is -0.372 e. The fraction of sp³-hybridized carbons (Fsp3) is 0.214. The van der Waals surface area contributed by atoms with E-state index < -0.39 is 0 Å². The topological polar surface area (TPSA) is 38.8 Å². The third-order valence-corrected chi connectivity index (χ3v) is 6.86. The summed E-state index contributed by atoms with van der Waals surface area (Å²) in [5.41, 5.74) is 4.40. The molecule has 0 amide bonds. The molecule has 2 heterocycles. The standard InChI is InChI=1S/C28H24BrN3O2/c1-18-16-31(17-19(2)34-18)27-12-11-22(15-26(27)29)32-14-13-24-23(5-4-6-25(24)28(32)33)20-7-9-21(30-3)10-8-20/h4-15,18-19H,16-17H2,1-2H3/t18-,19+. The smallest absolute Gasteiger partial charge is 0.262 e. The van der Waals surface area contributed by atoms with Crippen LogP contribution in [-0.2, 0) is 4.74 Å². The summed E-state index contributed by atoms with van der Waals surface area (Å²) in [6.07, 6.45) is 2.18. The van der Waals surface area contributed by atoms with Gasteiger partial charge in [-0.2, -0.15) is 0 Å². The first-order valence-electron chi connectivity index (χ1n) is 11.3. The molecule has 1 aliphatic rings. The Kier molecular flexibility index (Phi) is 5.99. The zero-order valence-electron chi connectivity index (χ0n) is 19.0. The van der Waals surface area contributed by atoms with Gasteiger partial charge in [0, 0.05) is 34.8 Å². The number of morpholine rings is 1. The Labute approximate surface area is 207 Å². The monoisotopic (exact) mass is 513 g/mol. The third-order valence-electron chi connectivity index (χ3n) is 6.22. The lowest BCUT2D eigenvalue weighted by molar-refractivity contribution is -0.00525. The average Bonchev–Trinajstić information content (AvgIpc) is 2.83. The molecule has 3 aromatic carbocycles. The Hall–Kier alpha value is -3.40. The molecule has 1 fully saturated rings. The first-order valence-corrected chi connectivity index (χ1v) is 12.1. The Bertz CT molecular complexity index is 1460. The van der Waals surface area contributed by atoms with Gasteiger partial charge in [-0.05, 0) is 76.6 Å². The summed E-state index contributed by atoms with van der Waals surface area (Å²) in [4.78, 5) is 19.3. The van der Waals surface area contributed by atoms with Crippen LogP contribution in [-0.4, -0.2) is 29.9 Å². The van der Waals surface area contributed by atoms with Crippen LogP contribution < -0.4 is 10.5 Å². The summed E-state index contributed by atoms with van der Waals surface area (Å²) in [6.45, 7) is 13.0. The molecule has 4 aromatic rings. The lowest BCUT2D eigenvalue weighted by Crippen LogP contribution is -2.45. The highest BCUT2D eigenvalue weighted by atomic mass is 79.9. The van der Waals surface area contributed by atoms with E-state index in [1.807, 2.05) is 54.7 Å². The minimum atomic E-state index is -0.0644. The van der Waals surface area contributed by atoms with Crippen LogP contribution in [0.15, 0.2) is 82.2 Å². The summed E-state index contributed by atoms with van der Waals surface area (Å²) in [5, 5.41) is 1.55. The number of nitrogens with zero attached hydrogens (tertiary/aromatic N) is 3. The van der Waals surface area contributed by atoms with E-state index in [1.54, 1.807) is 16.7 Å². The van der Waals surface area contributed by atoms with Crippen molar-refractivity contribution in [3.8, 4) is 16.8 Å². The van der Waals surface area contributed by atoms with Gasteiger partial charge in [-0.3, -0.25) is 9.36 Å². The number of halogens is 1. The van der Waals surface area contributed by atoms with Gasteiger partial charge < -0.3 is 9.64 Å². The van der Waals surface area contributed by atoms with Crippen molar-refractivity contribution in [1.29, 1.82) is 0 Å². The number of pyridine rings is 1. The molecule has 5 rings (SSSR count). The van der Waals surface area contributed by atoms with Crippen LogP contribution >= 0.6 is 15.9 Å². The lowest BCUT2D eigenvalue weighted by atomic mass is 9.99. The second-order valence-corrected chi connectivity index (χ2v) is 9.57. The van der Waals surface area contributed by atoms with E-state index >= 15 is 0 Å². The fourth-order valence-corrected chi connectivity index (χ4v) is 5.34. The summed E-state index contributed by atoms with van der Waals surface area (Å²) in [6, 6.07) is 21.3. The Morgan fingerprint density at radius 2 is 1.71 bits per heavy atom. The van der Waals surface area contributed by atoms with Gasteiger partial charge in [-0.15, -0.1) is 0 Å². The van der Waals surface area contributed by atoms with Gasteiger partial charge >= 0.3 is 0 Å². The van der Waals surface area contributed by atoms with Gasteiger partial charge in [0.2, 0.25) is 0 Å². The van der Waals surface area contributed by atoms with Gasteiger partial charge in [-0.25, -0.2) is 4.85 Å². The normalized spacial score (nSPS) is 18.1. The second-order valence-electron chi connectivity index (χ2n) is 8.71. The summed E-state index contributed by atoms with van der Waals surface area (Å²) < 4.78 is 8.50. The SMILES string of the molecule is [C-]#[N+]c1ccc(-c2cccc3c(=O)n(-c4ccc(N5C[C@@H](C)O[C@@H](C)C5)c(Br)c4)ccc23)cc1. The van der Waals surface area contributed by atoms with E-state index in [0.717, 1.165) is 45.5 Å². The Balaban J connectivity index is 1.53. The molecule has 0 bridgehead atoms. The molecular weight excluding hydrogens is 490 g/mol. The number of hydrogen-bond donors (Lipinski definition) is 0. The van der Waals surface area contributed by atoms with Crippen molar-refractivity contribution in [2.45, 2.75) is 26.1 Å². The predicted molar refractivity (Wildman–Crippen MR) is 141 cm³/mol. The van der Waals surface area contributed by atoms with E-state index in [-0.39, 0.29) is 17.8 Å². The van der Waals surface area contributed by atoms with Gasteiger partial charge in [-0.1, -0.05) is 36.4 Å². The highest BCUT2D eigenvalue weighted by Crippen LogP contribution is 2.32. The van der Waals surface area contributed by atoms with Crippen LogP contribution in [0.3, 0.4) is 0 Å². The quantitative estimate of drug-likeness (QED) is 0.290. The van der Waals surface area contributed by atoms with Crippen molar-refractivity contribution in [3.63, 3.8) is 0 Å². The number of aromatic nitrogens is 1. The number of fused-ring (bicyclic) bond motifs is 1. The molecule has 0 aliphatic carbocycles. The molecule has 0 spiro atoms. The van der Waals surface area contributed by atoms with Crippen molar-refractivity contribution in [3.05, 3.63) is 99.2 Å². The lowest BCUT2D eigenvalue weighted by Gasteiger charge is -2.37. The van der Waals surface area contributed by atoms with E-state index in [2.05, 4.69) is 45.6 Å². The molecule has 2 atom stereocenters. The molecule has 170 valence electrons. The van der Waals surface area contributed by atoms with E-state index in [4.69, 9.17) is 11.3 Å². The summed E-state index contributed by atoms with van der Waals surface area (Å²) in [5.74, 6) is 0. The van der Waals surface area contributed by atoms with Crippen LogP contribution in [0.25, 0.3) is 32.4 Å². The van der Waals surface area contributed by atoms with E-state index in [1.165, 1.54) is 0 Å². The second kappa shape index (κ2) is 9.09. The average molecular weight is 514 g/mol. The molecule has 1 saturated heterocycles. The zero-order valence-corrected chi connectivity index (χ0v) is 20.6. The largest absolute Gasteiger partial charge is 0.372 e. The van der Waals surface area contributed by atoms with Crippen LogP contribution in [0, 0.1) is 6.57 Å². The first-order chi connectivity index (χ1) is 16.4. The van der Waals surface area contributed by atoms with Crippen LogP contribution in [0.1, 0.15) is 13.8 Å². The highest BCUT2D eigenvalue weighted by molar-refractivity contribution is 9.10. The molecule has 0 radical (unpaired) electrons. The Morgan fingerprint density at radius 1 is 0.971 bits per heavy atom. The van der Waals surface area contributed by atoms with Gasteiger partial charge in [0.25, 0.3) is 5.56 Å². The molecule has 6 heteroatoms. The molecule has 0 saturated carbocycles. The molecule has 0 unspecified atom stereocenters. The number of rotatable bonds is 3. The molecule has 1 aliphatic heterocycles. The number of benzene rings is 3. The highest BCUT2D eigenvalue weighted by Gasteiger charge is 2.24. The zero-order chi connectivity index (χ0) is 23.8. The van der Waals surface area contributed by atoms with E-state index in [0.29, 0.717) is 11.1 Å². The number of hydrogen-bond acceptors (Lipinski definition) is 3. The first kappa shape index (κ1) is 22.4. The maximum absolute atomic E-state index is 13.5. The van der Waals surface area contributed by atoms with Crippen molar-refractivity contribution in [1.82, 2.24) is 4.57 Å². The molecule has 5 nitrogen and oxygen atoms in total. The Morgan fingerprint density at radius 3 is 2.38 bits per heavy atom. The van der Waals surface area contributed by atoms with Gasteiger partial charge in [0.05, 0.1) is 24.5 Å². The van der Waals surface area contributed by atoms with Gasteiger partial charge in [0.15, 0.2) is 5.69 Å². The van der Waals surface area contributed by atoms with Crippen molar-refractivity contribution < 1.29 is 4.74 Å². The molecule has 34 heavy (non-hydrogen) atoms. The van der Waals surface area contributed by atoms with Crippen LogP contribution in [0.4, 0.5) is 11.4 Å². The van der Waals surface area contributed by atoms with Gasteiger partial charge in [0.1, 0.15) is 0 Å². The maximum Gasteiger partial charge on any atom is 0.262 e. The molecule has 0 N–H and O–H groups in total. The third kappa shape index (κ3) is 4.13. The van der Waals surface area contributed by atoms with Crippen LogP contribution in [0.5, 0.6) is 0 Å². The van der Waals surface area contributed by atoms with Crippen molar-refractivity contribution >= 4 is 38.1 Å². The molecular formula is C28H24BrN3O2. The maximum atomic E-state index is 13.5. The summed E-state index contributed by atoms with van der Waals surface area (Å²) in [7, 11) is 0.